The van der Waals surface area contributed by atoms with Crippen molar-refractivity contribution < 1.29 is 22.0 Å². The van der Waals surface area contributed by atoms with Gasteiger partial charge in [0.25, 0.3) is 24.2 Å². The first-order chi connectivity index (χ1) is 18.7. The summed E-state index contributed by atoms with van der Waals surface area (Å²) in [4.78, 5) is 13.0. The van der Waals surface area contributed by atoms with Crippen molar-refractivity contribution in [2.75, 3.05) is 10.0 Å². The molecular formula is C31H33FN2O4SSi. The van der Waals surface area contributed by atoms with Crippen molar-refractivity contribution in [3.63, 3.8) is 0 Å². The summed E-state index contributed by atoms with van der Waals surface area (Å²) < 4.78 is 48.8. The quantitative estimate of drug-likeness (QED) is 0.209. The molecule has 40 heavy (non-hydrogen) atoms. The highest BCUT2D eigenvalue weighted by atomic mass is 32.2. The van der Waals surface area contributed by atoms with E-state index in [9.17, 15) is 17.6 Å². The maximum atomic E-state index is 13.4. The second kappa shape index (κ2) is 11.3. The van der Waals surface area contributed by atoms with Crippen LogP contribution in [-0.4, -0.2) is 22.6 Å². The SMILES string of the molecule is CC(C)(C)[Si](C)(C)Oc1ccc(NC(=O)c2ccc(-c3ccccc3)cc2)cc1NS(=O)(=O)c1ccc(F)cc1. The number of sulfonamides is 1. The molecule has 9 heteroatoms. The number of carbonyl (C=O) groups excluding carboxylic acids is 1. The summed E-state index contributed by atoms with van der Waals surface area (Å²) in [5, 5.41) is 2.70. The molecule has 208 valence electrons. The van der Waals surface area contributed by atoms with Crippen LogP contribution in [0.2, 0.25) is 18.1 Å². The van der Waals surface area contributed by atoms with Gasteiger partial charge in [-0.3, -0.25) is 9.52 Å². The van der Waals surface area contributed by atoms with Gasteiger partial charge in [-0.25, -0.2) is 12.8 Å². The van der Waals surface area contributed by atoms with Crippen LogP contribution in [0.5, 0.6) is 5.75 Å². The van der Waals surface area contributed by atoms with E-state index >= 15 is 0 Å². The molecule has 1 amide bonds. The average molecular weight is 577 g/mol. The lowest BCUT2D eigenvalue weighted by atomic mass is 10.0. The summed E-state index contributed by atoms with van der Waals surface area (Å²) >= 11 is 0. The second-order valence-corrected chi connectivity index (χ2v) is 17.4. The van der Waals surface area contributed by atoms with E-state index in [4.69, 9.17) is 4.43 Å². The largest absolute Gasteiger partial charge is 0.542 e. The third kappa shape index (κ3) is 6.78. The fourth-order valence-electron chi connectivity index (χ4n) is 3.67. The summed E-state index contributed by atoms with van der Waals surface area (Å²) in [7, 11) is -6.41. The molecule has 2 N–H and O–H groups in total. The van der Waals surface area contributed by atoms with E-state index in [-0.39, 0.29) is 21.5 Å². The molecule has 0 bridgehead atoms. The van der Waals surface area contributed by atoms with Gasteiger partial charge in [0.05, 0.1) is 10.6 Å². The highest BCUT2D eigenvalue weighted by Gasteiger charge is 2.39. The molecule has 0 heterocycles. The van der Waals surface area contributed by atoms with Gasteiger partial charge in [-0.1, -0.05) is 63.2 Å². The zero-order chi connectivity index (χ0) is 29.1. The summed E-state index contributed by atoms with van der Waals surface area (Å²) in [5.74, 6) is -0.532. The van der Waals surface area contributed by atoms with Gasteiger partial charge in [-0.2, -0.15) is 0 Å². The Balaban J connectivity index is 1.63. The molecule has 0 aliphatic heterocycles. The van der Waals surface area contributed by atoms with Crippen molar-refractivity contribution in [1.82, 2.24) is 0 Å². The standard InChI is InChI=1S/C31H33FN2O4SSi/c1-31(2,3)40(4,5)38-29-20-17-26(21-28(29)34-39(36,37)27-18-15-25(32)16-19-27)33-30(35)24-13-11-23(12-14-24)22-9-7-6-8-10-22/h6-21,34H,1-5H3,(H,33,35). The van der Waals surface area contributed by atoms with Gasteiger partial charge in [0.2, 0.25) is 0 Å². The first kappa shape index (κ1) is 29.0. The molecule has 0 aliphatic carbocycles. The third-order valence-corrected chi connectivity index (χ3v) is 12.8. The van der Waals surface area contributed by atoms with Crippen LogP contribution in [0.15, 0.2) is 102 Å². The van der Waals surface area contributed by atoms with E-state index in [0.717, 1.165) is 23.3 Å². The number of anilines is 2. The van der Waals surface area contributed by atoms with Gasteiger partial charge in [0, 0.05) is 11.3 Å². The van der Waals surface area contributed by atoms with Gasteiger partial charge in [0.15, 0.2) is 0 Å². The average Bonchev–Trinajstić information content (AvgIpc) is 2.90. The predicted molar refractivity (Wildman–Crippen MR) is 161 cm³/mol. The van der Waals surface area contributed by atoms with Crippen molar-refractivity contribution in [2.45, 2.75) is 43.8 Å². The summed E-state index contributed by atoms with van der Waals surface area (Å²) in [5.41, 5.74) is 3.05. The number of rotatable bonds is 8. The molecule has 0 unspecified atom stereocenters. The van der Waals surface area contributed by atoms with Gasteiger partial charge in [0.1, 0.15) is 11.6 Å². The molecule has 4 aromatic rings. The molecule has 0 radical (unpaired) electrons. The van der Waals surface area contributed by atoms with Crippen LogP contribution in [0, 0.1) is 5.82 Å². The number of halogens is 1. The Morgan fingerprint density at radius 3 is 2.02 bits per heavy atom. The van der Waals surface area contributed by atoms with Gasteiger partial charge < -0.3 is 9.74 Å². The number of hydrogen-bond donors (Lipinski definition) is 2. The van der Waals surface area contributed by atoms with Crippen molar-refractivity contribution in [2.24, 2.45) is 0 Å². The number of amides is 1. The van der Waals surface area contributed by atoms with Crippen molar-refractivity contribution in [1.29, 1.82) is 0 Å². The number of benzene rings is 4. The second-order valence-electron chi connectivity index (χ2n) is 11.0. The molecule has 0 atom stereocenters. The van der Waals surface area contributed by atoms with Crippen molar-refractivity contribution >= 4 is 35.6 Å². The maximum Gasteiger partial charge on any atom is 0.262 e. The zero-order valence-electron chi connectivity index (χ0n) is 23.2. The summed E-state index contributed by atoms with van der Waals surface area (Å²) in [6.45, 7) is 10.4. The zero-order valence-corrected chi connectivity index (χ0v) is 25.0. The lowest BCUT2D eigenvalue weighted by Crippen LogP contribution is -2.44. The van der Waals surface area contributed by atoms with E-state index in [1.807, 2.05) is 42.5 Å². The number of carbonyl (C=O) groups is 1. The molecule has 0 fully saturated rings. The topological polar surface area (TPSA) is 84.5 Å². The molecule has 0 saturated heterocycles. The van der Waals surface area contributed by atoms with Gasteiger partial charge >= 0.3 is 0 Å². The fourth-order valence-corrected chi connectivity index (χ4v) is 5.77. The molecule has 4 rings (SSSR count). The van der Waals surface area contributed by atoms with E-state index in [0.29, 0.717) is 17.0 Å². The molecule has 4 aromatic carbocycles. The molecule has 6 nitrogen and oxygen atoms in total. The smallest absolute Gasteiger partial charge is 0.262 e. The Morgan fingerprint density at radius 1 is 0.825 bits per heavy atom. The Hall–Kier alpha value is -3.95. The minimum absolute atomic E-state index is 0.0971. The summed E-state index contributed by atoms with van der Waals surface area (Å²) in [6.07, 6.45) is 0. The minimum Gasteiger partial charge on any atom is -0.542 e. The molecular weight excluding hydrogens is 544 g/mol. The number of hydrogen-bond acceptors (Lipinski definition) is 4. The first-order valence-corrected chi connectivity index (χ1v) is 17.2. The van der Waals surface area contributed by atoms with E-state index in [1.165, 1.54) is 18.2 Å². The molecule has 0 aliphatic rings. The summed E-state index contributed by atoms with van der Waals surface area (Å²) in [6, 6.07) is 26.5. The highest BCUT2D eigenvalue weighted by Crippen LogP contribution is 2.40. The molecule has 0 saturated carbocycles. The van der Waals surface area contributed by atoms with Gasteiger partial charge in [-0.05, 0) is 83.9 Å². The van der Waals surface area contributed by atoms with E-state index in [1.54, 1.807) is 24.3 Å². The van der Waals surface area contributed by atoms with Crippen LogP contribution in [-0.2, 0) is 10.0 Å². The monoisotopic (exact) mass is 576 g/mol. The Morgan fingerprint density at radius 2 is 1.43 bits per heavy atom. The third-order valence-electron chi connectivity index (χ3n) is 7.03. The predicted octanol–water partition coefficient (Wildman–Crippen LogP) is 7.93. The Kier molecular flexibility index (Phi) is 8.18. The van der Waals surface area contributed by atoms with Crippen molar-refractivity contribution in [3.8, 4) is 16.9 Å². The highest BCUT2D eigenvalue weighted by molar-refractivity contribution is 7.92. The van der Waals surface area contributed by atoms with Crippen molar-refractivity contribution in [3.05, 3.63) is 108 Å². The maximum absolute atomic E-state index is 13.4. The minimum atomic E-state index is -4.07. The van der Waals surface area contributed by atoms with Gasteiger partial charge in [-0.15, -0.1) is 0 Å². The molecule has 0 spiro atoms. The number of nitrogens with one attached hydrogen (secondary N) is 2. The first-order valence-electron chi connectivity index (χ1n) is 12.8. The molecule has 0 aromatic heterocycles. The Labute approximate surface area is 236 Å². The fraction of sp³-hybridized carbons (Fsp3) is 0.194. The van der Waals surface area contributed by atoms with Crippen LogP contribution in [0.25, 0.3) is 11.1 Å². The van der Waals surface area contributed by atoms with Crippen LogP contribution in [0.4, 0.5) is 15.8 Å². The lowest BCUT2D eigenvalue weighted by molar-refractivity contribution is 0.102. The van der Waals surface area contributed by atoms with E-state index in [2.05, 4.69) is 43.9 Å². The normalized spacial score (nSPS) is 12.1. The lowest BCUT2D eigenvalue weighted by Gasteiger charge is -2.37. The van der Waals surface area contributed by atoms with E-state index < -0.39 is 24.2 Å². The van der Waals surface area contributed by atoms with Crippen LogP contribution in [0.3, 0.4) is 0 Å². The van der Waals surface area contributed by atoms with Crippen LogP contribution < -0.4 is 14.5 Å². The Bertz CT molecular complexity index is 1600. The van der Waals surface area contributed by atoms with Crippen LogP contribution in [0.1, 0.15) is 31.1 Å². The van der Waals surface area contributed by atoms with Crippen LogP contribution >= 0.6 is 0 Å².